The molecule has 1 aromatic heterocycles. The Balaban J connectivity index is 1.05. The maximum atomic E-state index is 7.51. The summed E-state index contributed by atoms with van der Waals surface area (Å²) in [4.78, 5) is 5.02. The van der Waals surface area contributed by atoms with Gasteiger partial charge in [-0.1, -0.05) is 145 Å². The predicted octanol–water partition coefficient (Wildman–Crippen LogP) is 12.4. The maximum Gasteiger partial charge on any atom is 0.256 e. The highest BCUT2D eigenvalue weighted by atomic mass is 16.5. The summed E-state index contributed by atoms with van der Waals surface area (Å²) in [5, 5.41) is 2.54. The Hall–Kier alpha value is -8.47. The molecule has 15 rings (SSSR count). The first kappa shape index (κ1) is 39.5. The van der Waals surface area contributed by atoms with Gasteiger partial charge in [0.2, 0.25) is 0 Å². The second kappa shape index (κ2) is 14.5. The fourth-order valence-electron chi connectivity index (χ4n) is 12.9. The molecular formula is C64H45B2N3O. The van der Waals surface area contributed by atoms with E-state index in [1.807, 2.05) is 0 Å². The number of aryl methyl sites for hydroxylation is 4. The predicted molar refractivity (Wildman–Crippen MR) is 296 cm³/mol. The average Bonchev–Trinajstić information content (AvgIpc) is 3.72. The minimum Gasteiger partial charge on any atom is -0.458 e. The van der Waals surface area contributed by atoms with Gasteiger partial charge >= 0.3 is 0 Å². The molecule has 0 radical (unpaired) electrons. The third kappa shape index (κ3) is 5.44. The van der Waals surface area contributed by atoms with Crippen molar-refractivity contribution in [3.05, 3.63) is 222 Å². The lowest BCUT2D eigenvalue weighted by Crippen LogP contribution is -2.64. The molecule has 0 unspecified atom stereocenters. The first-order valence-electron chi connectivity index (χ1n) is 24.6. The Morgan fingerprint density at radius 3 is 1.64 bits per heavy atom. The molecule has 0 aliphatic carbocycles. The van der Waals surface area contributed by atoms with E-state index < -0.39 is 0 Å². The summed E-state index contributed by atoms with van der Waals surface area (Å²) in [5.74, 6) is 1.81. The Labute approximate surface area is 408 Å². The molecule has 0 atom stereocenters. The minimum atomic E-state index is -0.0645. The van der Waals surface area contributed by atoms with E-state index in [0.29, 0.717) is 0 Å². The Bertz CT molecular complexity index is 4060. The van der Waals surface area contributed by atoms with Crippen LogP contribution in [0, 0.1) is 27.7 Å². The number of anilines is 6. The lowest BCUT2D eigenvalue weighted by atomic mass is 9.30. The minimum absolute atomic E-state index is 0.0619. The summed E-state index contributed by atoms with van der Waals surface area (Å²) in [6, 6.07) is 75.0. The van der Waals surface area contributed by atoms with Gasteiger partial charge in [-0.15, -0.1) is 0 Å². The van der Waals surface area contributed by atoms with Gasteiger partial charge in [-0.2, -0.15) is 0 Å². The molecule has 4 aliphatic rings. The van der Waals surface area contributed by atoms with E-state index in [9.17, 15) is 0 Å². The van der Waals surface area contributed by atoms with E-state index in [2.05, 4.69) is 242 Å². The van der Waals surface area contributed by atoms with Crippen molar-refractivity contribution < 1.29 is 4.74 Å². The fourth-order valence-corrected chi connectivity index (χ4v) is 12.9. The molecule has 11 aromatic rings. The monoisotopic (exact) mass is 893 g/mol. The van der Waals surface area contributed by atoms with E-state index in [4.69, 9.17) is 4.74 Å². The van der Waals surface area contributed by atoms with Crippen LogP contribution in [0.15, 0.2) is 200 Å². The number of fused-ring (bicyclic) bond motifs is 11. The maximum absolute atomic E-state index is 7.51. The number of hydrogen-bond acceptors (Lipinski definition) is 3. The molecule has 70 heavy (non-hydrogen) atoms. The molecule has 10 aromatic carbocycles. The number of aromatic nitrogens is 1. The SMILES string of the molecule is Cc1ccc(-c2cc3c4c(c2)N(c2ccccc2)c2cc5c(cc2B4c2ccccc2N3c2ccccc2)B2c3c(cc(-c4ccc(C)cc4C)cc3-n3c4ccccc4c4cccc2c43)O5)c(C)c1. The number of benzene rings is 10. The van der Waals surface area contributed by atoms with Gasteiger partial charge in [0.25, 0.3) is 13.4 Å². The zero-order valence-corrected chi connectivity index (χ0v) is 39.5. The molecule has 0 fully saturated rings. The highest BCUT2D eigenvalue weighted by Gasteiger charge is 2.47. The van der Waals surface area contributed by atoms with Crippen molar-refractivity contribution in [2.24, 2.45) is 0 Å². The molecule has 5 heterocycles. The number of ether oxygens (including phenoxy) is 1. The zero-order chi connectivity index (χ0) is 46.5. The second-order valence-corrected chi connectivity index (χ2v) is 19.9. The van der Waals surface area contributed by atoms with Crippen molar-refractivity contribution in [1.82, 2.24) is 4.57 Å². The number of nitrogens with zero attached hydrogens (tertiary/aromatic N) is 3. The van der Waals surface area contributed by atoms with Crippen molar-refractivity contribution in [3.8, 4) is 39.4 Å². The summed E-state index contributed by atoms with van der Waals surface area (Å²) in [6.07, 6.45) is 0. The van der Waals surface area contributed by atoms with Crippen LogP contribution in [0.2, 0.25) is 0 Å². The smallest absolute Gasteiger partial charge is 0.256 e. The number of rotatable bonds is 4. The first-order chi connectivity index (χ1) is 34.4. The molecular weight excluding hydrogens is 848 g/mol. The van der Waals surface area contributed by atoms with Gasteiger partial charge in [0.05, 0.1) is 5.52 Å². The van der Waals surface area contributed by atoms with Crippen LogP contribution >= 0.6 is 0 Å². The van der Waals surface area contributed by atoms with Gasteiger partial charge in [0, 0.05) is 62.2 Å². The summed E-state index contributed by atoms with van der Waals surface area (Å²) >= 11 is 0. The van der Waals surface area contributed by atoms with Crippen molar-refractivity contribution >= 4 is 102 Å². The van der Waals surface area contributed by atoms with E-state index in [-0.39, 0.29) is 13.4 Å². The molecule has 0 N–H and O–H groups in total. The largest absolute Gasteiger partial charge is 0.458 e. The van der Waals surface area contributed by atoms with E-state index >= 15 is 0 Å². The Kier molecular flexibility index (Phi) is 8.20. The van der Waals surface area contributed by atoms with Gasteiger partial charge < -0.3 is 19.1 Å². The molecule has 6 heteroatoms. The highest BCUT2D eigenvalue weighted by molar-refractivity contribution is 7.02. The van der Waals surface area contributed by atoms with Crippen molar-refractivity contribution in [1.29, 1.82) is 0 Å². The highest BCUT2D eigenvalue weighted by Crippen LogP contribution is 2.48. The fraction of sp³-hybridized carbons (Fsp3) is 0.0625. The summed E-state index contributed by atoms with van der Waals surface area (Å²) in [5.41, 5.74) is 28.0. The average molecular weight is 894 g/mol. The molecule has 4 nitrogen and oxygen atoms in total. The van der Waals surface area contributed by atoms with Gasteiger partial charge in [-0.05, 0) is 155 Å². The van der Waals surface area contributed by atoms with Crippen molar-refractivity contribution in [2.45, 2.75) is 27.7 Å². The Morgan fingerprint density at radius 1 is 0.371 bits per heavy atom. The van der Waals surface area contributed by atoms with E-state index in [1.165, 1.54) is 116 Å². The van der Waals surface area contributed by atoms with Crippen LogP contribution in [0.5, 0.6) is 11.5 Å². The van der Waals surface area contributed by atoms with E-state index in [1.54, 1.807) is 0 Å². The standard InChI is InChI=1S/C64H45B2N3O/c1-38-26-28-46(40(3)30-38)42-32-57-62-58(33-42)68(45-18-9-6-10-19-45)56-37-60-53(36-52(56)65(62)50-22-12-14-25-55(50)67(57)44-16-7-5-8-17-44)66-51-23-15-21-49-48-20-11-13-24-54(48)69(64(49)51)59-34-43(35-61(70-60)63(59)66)47-29-27-39(2)31-41(47)4/h5-37H,1-4H3. The normalized spacial score (nSPS) is 13.4. The molecule has 0 spiro atoms. The van der Waals surface area contributed by atoms with Crippen LogP contribution in [0.4, 0.5) is 34.1 Å². The molecule has 0 amide bonds. The lowest BCUT2D eigenvalue weighted by Gasteiger charge is -2.45. The molecule has 0 saturated heterocycles. The van der Waals surface area contributed by atoms with Crippen LogP contribution in [0.3, 0.4) is 0 Å². The zero-order valence-electron chi connectivity index (χ0n) is 39.5. The topological polar surface area (TPSA) is 20.6 Å². The van der Waals surface area contributed by atoms with Gasteiger partial charge in [-0.3, -0.25) is 0 Å². The second-order valence-electron chi connectivity index (χ2n) is 19.9. The summed E-state index contributed by atoms with van der Waals surface area (Å²) in [6.45, 7) is 8.70. The lowest BCUT2D eigenvalue weighted by molar-refractivity contribution is 0.487. The summed E-state index contributed by atoms with van der Waals surface area (Å²) < 4.78 is 10.0. The van der Waals surface area contributed by atoms with Crippen LogP contribution in [0.1, 0.15) is 22.3 Å². The summed E-state index contributed by atoms with van der Waals surface area (Å²) in [7, 11) is 0. The third-order valence-electron chi connectivity index (χ3n) is 15.7. The van der Waals surface area contributed by atoms with Crippen molar-refractivity contribution in [3.63, 3.8) is 0 Å². The van der Waals surface area contributed by atoms with Gasteiger partial charge in [0.15, 0.2) is 0 Å². The third-order valence-corrected chi connectivity index (χ3v) is 15.7. The van der Waals surface area contributed by atoms with Gasteiger partial charge in [-0.25, -0.2) is 0 Å². The Morgan fingerprint density at radius 2 is 0.943 bits per heavy atom. The van der Waals surface area contributed by atoms with Crippen LogP contribution < -0.4 is 47.3 Å². The van der Waals surface area contributed by atoms with Crippen molar-refractivity contribution in [2.75, 3.05) is 9.80 Å². The molecule has 4 aliphatic heterocycles. The van der Waals surface area contributed by atoms with Crippen LogP contribution in [-0.2, 0) is 0 Å². The van der Waals surface area contributed by atoms with Crippen LogP contribution in [-0.4, -0.2) is 18.0 Å². The molecule has 328 valence electrons. The van der Waals surface area contributed by atoms with Gasteiger partial charge in [0.1, 0.15) is 11.5 Å². The quantitative estimate of drug-likeness (QED) is 0.164. The number of para-hydroxylation sites is 5. The number of hydrogen-bond donors (Lipinski definition) is 0. The van der Waals surface area contributed by atoms with Crippen LogP contribution in [0.25, 0.3) is 49.7 Å². The first-order valence-corrected chi connectivity index (χ1v) is 24.6. The molecule has 0 bridgehead atoms. The van der Waals surface area contributed by atoms with E-state index in [0.717, 1.165) is 34.1 Å². The molecule has 0 saturated carbocycles.